The van der Waals surface area contributed by atoms with Gasteiger partial charge in [-0.15, -0.1) is 11.3 Å². The average molecular weight is 318 g/mol. The van der Waals surface area contributed by atoms with Crippen LogP contribution in [0.5, 0.6) is 0 Å². The lowest BCUT2D eigenvalue weighted by molar-refractivity contribution is 1.11. The van der Waals surface area contributed by atoms with Crippen molar-refractivity contribution in [2.75, 3.05) is 11.9 Å². The van der Waals surface area contributed by atoms with E-state index in [0.29, 0.717) is 0 Å². The molecule has 0 aliphatic rings. The normalized spacial score (nSPS) is 11.1. The molecule has 0 saturated carbocycles. The first-order chi connectivity index (χ1) is 9.94. The summed E-state index contributed by atoms with van der Waals surface area (Å²) in [7, 11) is 2.01. The van der Waals surface area contributed by atoms with Crippen molar-refractivity contribution in [3.8, 4) is 0 Å². The van der Waals surface area contributed by atoms with Crippen molar-refractivity contribution in [2.45, 2.75) is 20.8 Å². The third-order valence-corrected chi connectivity index (χ3v) is 4.49. The largest absolute Gasteiger partial charge is 0.329 e. The molecule has 0 aliphatic carbocycles. The first-order valence-electron chi connectivity index (χ1n) is 6.70. The van der Waals surface area contributed by atoms with E-state index < -0.39 is 0 Å². The molecule has 0 N–H and O–H groups in total. The van der Waals surface area contributed by atoms with Gasteiger partial charge in [0.2, 0.25) is 5.28 Å². The van der Waals surface area contributed by atoms with Crippen molar-refractivity contribution in [3.05, 3.63) is 45.6 Å². The number of halogens is 1. The maximum atomic E-state index is 6.08. The van der Waals surface area contributed by atoms with Gasteiger partial charge < -0.3 is 4.90 Å². The van der Waals surface area contributed by atoms with Crippen molar-refractivity contribution in [2.24, 2.45) is 0 Å². The minimum atomic E-state index is 0.288. The van der Waals surface area contributed by atoms with Crippen LogP contribution in [0.2, 0.25) is 5.28 Å². The number of aryl methyl sites for hydroxylation is 3. The van der Waals surface area contributed by atoms with Crippen molar-refractivity contribution in [1.29, 1.82) is 0 Å². The van der Waals surface area contributed by atoms with Crippen LogP contribution in [-0.4, -0.2) is 17.0 Å². The quantitative estimate of drug-likeness (QED) is 0.620. The maximum absolute atomic E-state index is 6.08. The molecule has 0 unspecified atom stereocenters. The number of anilines is 2. The van der Waals surface area contributed by atoms with E-state index in [0.717, 1.165) is 21.7 Å². The van der Waals surface area contributed by atoms with Crippen LogP contribution in [0.15, 0.2) is 24.3 Å². The molecule has 2 heterocycles. The maximum Gasteiger partial charge on any atom is 0.225 e. The van der Waals surface area contributed by atoms with Crippen molar-refractivity contribution >= 4 is 44.7 Å². The second-order valence-electron chi connectivity index (χ2n) is 5.30. The third-order valence-electron chi connectivity index (χ3n) is 3.38. The molecule has 0 radical (unpaired) electrons. The molecule has 5 heteroatoms. The summed E-state index contributed by atoms with van der Waals surface area (Å²) in [5.41, 5.74) is 3.57. The van der Waals surface area contributed by atoms with E-state index in [-0.39, 0.29) is 5.28 Å². The summed E-state index contributed by atoms with van der Waals surface area (Å²) in [6.07, 6.45) is 0. The number of aromatic nitrogens is 2. The first-order valence-corrected chi connectivity index (χ1v) is 7.89. The molecule has 0 spiro atoms. The minimum absolute atomic E-state index is 0.288. The Balaban J connectivity index is 2.18. The highest BCUT2D eigenvalue weighted by Crippen LogP contribution is 2.34. The second kappa shape index (κ2) is 5.28. The highest BCUT2D eigenvalue weighted by atomic mass is 35.5. The fourth-order valence-electron chi connectivity index (χ4n) is 2.52. The van der Waals surface area contributed by atoms with Gasteiger partial charge >= 0.3 is 0 Å². The Morgan fingerprint density at radius 1 is 1.00 bits per heavy atom. The van der Waals surface area contributed by atoms with Gasteiger partial charge in [0.25, 0.3) is 0 Å². The SMILES string of the molecule is Cc1cc(C)cc(N(C)c2nc(Cl)nc3sc(C)cc23)c1. The molecule has 0 saturated heterocycles. The molecule has 0 fully saturated rings. The van der Waals surface area contributed by atoms with Gasteiger partial charge in [-0.3, -0.25) is 0 Å². The van der Waals surface area contributed by atoms with Gasteiger partial charge in [0.1, 0.15) is 10.6 Å². The summed E-state index contributed by atoms with van der Waals surface area (Å²) < 4.78 is 0. The molecule has 0 atom stereocenters. The van der Waals surface area contributed by atoms with Crippen LogP contribution in [-0.2, 0) is 0 Å². The molecule has 3 nitrogen and oxygen atoms in total. The Bertz CT molecular complexity index is 805. The van der Waals surface area contributed by atoms with Crippen LogP contribution in [0.25, 0.3) is 10.2 Å². The number of rotatable bonds is 2. The molecular weight excluding hydrogens is 302 g/mol. The van der Waals surface area contributed by atoms with Gasteiger partial charge in [-0.25, -0.2) is 4.98 Å². The molecule has 0 aliphatic heterocycles. The van der Waals surface area contributed by atoms with Gasteiger partial charge in [0.05, 0.1) is 5.39 Å². The third kappa shape index (κ3) is 2.74. The summed E-state index contributed by atoms with van der Waals surface area (Å²) in [4.78, 5) is 13.0. The Morgan fingerprint density at radius 3 is 2.33 bits per heavy atom. The zero-order valence-corrected chi connectivity index (χ0v) is 14.0. The van der Waals surface area contributed by atoms with Gasteiger partial charge in [-0.2, -0.15) is 4.98 Å². The monoisotopic (exact) mass is 317 g/mol. The number of nitrogens with zero attached hydrogens (tertiary/aromatic N) is 3. The van der Waals surface area contributed by atoms with Crippen LogP contribution >= 0.6 is 22.9 Å². The number of hydrogen-bond acceptors (Lipinski definition) is 4. The predicted molar refractivity (Wildman–Crippen MR) is 91.1 cm³/mol. The fourth-order valence-corrected chi connectivity index (χ4v) is 3.61. The predicted octanol–water partition coefficient (Wildman–Crippen LogP) is 5.04. The minimum Gasteiger partial charge on any atom is -0.329 e. The van der Waals surface area contributed by atoms with E-state index in [1.807, 2.05) is 7.05 Å². The summed E-state index contributed by atoms with van der Waals surface area (Å²) in [5, 5.41) is 1.33. The fraction of sp³-hybridized carbons (Fsp3) is 0.250. The van der Waals surface area contributed by atoms with Gasteiger partial charge in [0, 0.05) is 17.6 Å². The summed E-state index contributed by atoms with van der Waals surface area (Å²) in [6, 6.07) is 8.57. The molecule has 108 valence electrons. The Hall–Kier alpha value is -1.65. The molecular formula is C16H16ClN3S. The summed E-state index contributed by atoms with van der Waals surface area (Å²) >= 11 is 7.72. The molecule has 0 amide bonds. The molecule has 3 rings (SSSR count). The molecule has 2 aromatic heterocycles. The average Bonchev–Trinajstić information content (AvgIpc) is 2.75. The van der Waals surface area contributed by atoms with Crippen LogP contribution in [0.3, 0.4) is 0 Å². The van der Waals surface area contributed by atoms with Crippen molar-refractivity contribution in [1.82, 2.24) is 9.97 Å². The zero-order valence-electron chi connectivity index (χ0n) is 12.4. The van der Waals surface area contributed by atoms with Gasteiger partial charge in [0.15, 0.2) is 0 Å². The lowest BCUT2D eigenvalue weighted by Crippen LogP contribution is -2.12. The lowest BCUT2D eigenvalue weighted by Gasteiger charge is -2.20. The van der Waals surface area contributed by atoms with E-state index in [9.17, 15) is 0 Å². The lowest BCUT2D eigenvalue weighted by atomic mass is 10.1. The Labute approximate surface area is 133 Å². The van der Waals surface area contributed by atoms with E-state index in [1.165, 1.54) is 16.0 Å². The van der Waals surface area contributed by atoms with Crippen molar-refractivity contribution in [3.63, 3.8) is 0 Å². The van der Waals surface area contributed by atoms with Gasteiger partial charge in [-0.1, -0.05) is 6.07 Å². The summed E-state index contributed by atoms with van der Waals surface area (Å²) in [6.45, 7) is 6.27. The van der Waals surface area contributed by atoms with E-state index >= 15 is 0 Å². The first kappa shape index (κ1) is 14.3. The highest BCUT2D eigenvalue weighted by molar-refractivity contribution is 7.18. The zero-order chi connectivity index (χ0) is 15.1. The standard InChI is InChI=1S/C16H16ClN3S/c1-9-5-10(2)7-12(6-9)20(4)14-13-8-11(3)21-15(13)19-16(17)18-14/h5-8H,1-4H3. The van der Waals surface area contributed by atoms with E-state index in [2.05, 4.69) is 59.9 Å². The van der Waals surface area contributed by atoms with Gasteiger partial charge in [-0.05, 0) is 61.7 Å². The molecule has 21 heavy (non-hydrogen) atoms. The number of hydrogen-bond donors (Lipinski definition) is 0. The highest BCUT2D eigenvalue weighted by Gasteiger charge is 2.15. The molecule has 3 aromatic rings. The van der Waals surface area contributed by atoms with E-state index in [4.69, 9.17) is 11.6 Å². The smallest absolute Gasteiger partial charge is 0.225 e. The molecule has 0 bridgehead atoms. The van der Waals surface area contributed by atoms with E-state index in [1.54, 1.807) is 11.3 Å². The Morgan fingerprint density at radius 2 is 1.67 bits per heavy atom. The van der Waals surface area contributed by atoms with Crippen LogP contribution in [0.4, 0.5) is 11.5 Å². The number of fused-ring (bicyclic) bond motifs is 1. The van der Waals surface area contributed by atoms with Crippen LogP contribution in [0, 0.1) is 20.8 Å². The van der Waals surface area contributed by atoms with Crippen molar-refractivity contribution < 1.29 is 0 Å². The summed E-state index contributed by atoms with van der Waals surface area (Å²) in [5.74, 6) is 0.847. The van der Waals surface area contributed by atoms with Crippen LogP contribution < -0.4 is 4.90 Å². The topological polar surface area (TPSA) is 29.0 Å². The number of benzene rings is 1. The Kier molecular flexibility index (Phi) is 3.59. The number of thiophene rings is 1. The molecule has 1 aromatic carbocycles. The van der Waals surface area contributed by atoms with Crippen LogP contribution in [0.1, 0.15) is 16.0 Å². The second-order valence-corrected chi connectivity index (χ2v) is 6.87.